The normalized spacial score (nSPS) is 18.9. The summed E-state index contributed by atoms with van der Waals surface area (Å²) in [6, 6.07) is -8.51. The number of hydrogen-bond donors (Lipinski definition) is 9. The van der Waals surface area contributed by atoms with Gasteiger partial charge in [-0.3, -0.25) is 47.9 Å². The molecule has 0 spiro atoms. The van der Waals surface area contributed by atoms with Crippen LogP contribution in [0.1, 0.15) is 207 Å². The number of imidazole rings is 1. The minimum Gasteiger partial charge on any atom is -0.370 e. The molecule has 3 saturated heterocycles. The lowest BCUT2D eigenvalue weighted by Crippen LogP contribution is -2.60. The van der Waals surface area contributed by atoms with Crippen molar-refractivity contribution < 1.29 is 47.9 Å². The summed E-state index contributed by atoms with van der Waals surface area (Å²) in [4.78, 5) is 147. The lowest BCUT2D eigenvalue weighted by atomic mass is 10.0. The number of amides is 10. The fraction of sp³-hybridized carbons (Fsp3) is 0.776. The largest absolute Gasteiger partial charge is 0.370 e. The Bertz CT molecular complexity index is 2180. The first-order valence-corrected chi connectivity index (χ1v) is 30.6. The maximum Gasteiger partial charge on any atom is 0.246 e. The summed E-state index contributed by atoms with van der Waals surface area (Å²) in [5.74, 6) is -6.09. The molecule has 0 aliphatic carbocycles. The number of nitrogens with one attached hydrogen (secondary N) is 6. The Hall–Kier alpha value is -6.13. The van der Waals surface area contributed by atoms with Crippen LogP contribution in [0.15, 0.2) is 12.5 Å². The molecule has 1 aromatic heterocycles. The molecule has 3 aliphatic heterocycles. The van der Waals surface area contributed by atoms with Gasteiger partial charge in [-0.1, -0.05) is 111 Å². The van der Waals surface area contributed by atoms with Gasteiger partial charge in [0.05, 0.1) is 6.33 Å². The molecule has 4 rings (SSSR count). The summed E-state index contributed by atoms with van der Waals surface area (Å²) in [5, 5.41) is 14.0. The van der Waals surface area contributed by atoms with E-state index in [0.717, 1.165) is 19.3 Å². The molecular weight excluding hydrogens is 1040 g/mol. The van der Waals surface area contributed by atoms with E-state index in [1.54, 1.807) is 6.20 Å². The van der Waals surface area contributed by atoms with Gasteiger partial charge in [0.15, 0.2) is 0 Å². The molecule has 456 valence electrons. The first-order chi connectivity index (χ1) is 38.9. The zero-order valence-electron chi connectivity index (χ0n) is 49.1. The highest BCUT2D eigenvalue weighted by Crippen LogP contribution is 2.24. The molecule has 0 unspecified atom stereocenters. The van der Waals surface area contributed by atoms with E-state index in [4.69, 9.17) is 17.2 Å². The molecule has 10 amide bonds. The Morgan fingerprint density at radius 3 is 1.54 bits per heavy atom. The first kappa shape index (κ1) is 67.4. The average molecular weight is 1140 g/mol. The number of carbonyl (C=O) groups excluding carboxylic acids is 10. The van der Waals surface area contributed by atoms with E-state index in [9.17, 15) is 47.9 Å². The third-order valence-corrected chi connectivity index (χ3v) is 16.0. The molecule has 0 saturated carbocycles. The van der Waals surface area contributed by atoms with Gasteiger partial charge in [0.2, 0.25) is 59.1 Å². The van der Waals surface area contributed by atoms with Crippen LogP contribution in [0.25, 0.3) is 0 Å². The molecule has 8 atom stereocenters. The number of H-pyrrole nitrogens is 1. The first-order valence-electron chi connectivity index (χ1n) is 30.6. The monoisotopic (exact) mass is 1140 g/mol. The maximum atomic E-state index is 14.6. The van der Waals surface area contributed by atoms with Crippen LogP contribution in [0.2, 0.25) is 0 Å². The highest BCUT2D eigenvalue weighted by molar-refractivity contribution is 5.98. The number of nitrogens with two attached hydrogens (primary N) is 3. The van der Waals surface area contributed by atoms with Crippen molar-refractivity contribution in [2.24, 2.45) is 23.1 Å². The Labute approximate surface area is 480 Å². The van der Waals surface area contributed by atoms with E-state index in [-0.39, 0.29) is 76.4 Å². The smallest absolute Gasteiger partial charge is 0.246 e. The number of unbranched alkanes of at least 4 members (excludes halogenated alkanes) is 15. The van der Waals surface area contributed by atoms with Crippen LogP contribution in [-0.4, -0.2) is 158 Å². The Balaban J connectivity index is 1.35. The van der Waals surface area contributed by atoms with Gasteiger partial charge < -0.3 is 63.5 Å². The number of hydrogen-bond acceptors (Lipinski definition) is 12. The van der Waals surface area contributed by atoms with Crippen molar-refractivity contribution in [1.29, 1.82) is 0 Å². The van der Waals surface area contributed by atoms with Crippen LogP contribution in [0.4, 0.5) is 0 Å². The summed E-state index contributed by atoms with van der Waals surface area (Å²) in [6.07, 6.45) is 24.6. The van der Waals surface area contributed by atoms with Crippen LogP contribution in [0, 0.1) is 5.92 Å². The SMILES string of the molecule is CCCCCCCCCCCCCCCCCC(=O)N[C@H](C(=O)N[C@@H](Cc1cnc[nH]1)C(=O)N1CCC[C@H]1C(=O)N[C@@H](CCCCN)C(=O)N1CCC[C@H]1C(=O)N[C@@H](C)C(=O)N[C@@H](CCC(N)=O)C(=O)N1CCC[C@H]1C(N)=O)C(C)C. The zero-order chi connectivity index (χ0) is 59.3. The second-order valence-electron chi connectivity index (χ2n) is 22.9. The van der Waals surface area contributed by atoms with Crippen molar-refractivity contribution in [3.8, 4) is 0 Å². The fourth-order valence-corrected chi connectivity index (χ4v) is 11.3. The van der Waals surface area contributed by atoms with Crippen molar-refractivity contribution in [1.82, 2.24) is 51.3 Å². The van der Waals surface area contributed by atoms with Crippen LogP contribution in [0.5, 0.6) is 0 Å². The van der Waals surface area contributed by atoms with Crippen LogP contribution < -0.4 is 43.8 Å². The molecule has 23 nitrogen and oxygen atoms in total. The summed E-state index contributed by atoms with van der Waals surface area (Å²) in [6.45, 7) is 8.24. The Morgan fingerprint density at radius 1 is 0.568 bits per heavy atom. The van der Waals surface area contributed by atoms with Crippen LogP contribution >= 0.6 is 0 Å². The molecular formula is C58H99N13O10. The topological polar surface area (TPSA) is 347 Å². The summed E-state index contributed by atoms with van der Waals surface area (Å²) < 4.78 is 0. The summed E-state index contributed by atoms with van der Waals surface area (Å²) in [5.41, 5.74) is 17.3. The van der Waals surface area contributed by atoms with Crippen molar-refractivity contribution in [2.75, 3.05) is 26.2 Å². The Kier molecular flexibility index (Phi) is 30.2. The fourth-order valence-electron chi connectivity index (χ4n) is 11.3. The molecule has 0 bridgehead atoms. The van der Waals surface area contributed by atoms with Gasteiger partial charge in [-0.15, -0.1) is 0 Å². The van der Waals surface area contributed by atoms with E-state index in [0.29, 0.717) is 57.2 Å². The highest BCUT2D eigenvalue weighted by Gasteiger charge is 2.43. The van der Waals surface area contributed by atoms with Gasteiger partial charge in [-0.05, 0) is 90.0 Å². The standard InChI is InChI=1S/C58H99N13O10/c1-5-6-7-8-9-10-11-12-13-14-15-16-17-18-19-29-49(73)68-50(39(2)3)55(78)67-44(36-41-37-62-38-63-41)58(81)71-35-24-28-47(71)54(77)66-42(25-20-21-32-59)56(79)70-34-23-27-46(70)53(76)64-40(4)52(75)65-43(30-31-48(60)72)57(80)69-33-22-26-45(69)51(61)74/h37-40,42-47,50H,5-36,59H2,1-4H3,(H2,60,72)(H2,61,74)(H,62,63)(H,64,76)(H,65,75)(H,66,77)(H,67,78)(H,68,73)/t40-,42-,43-,44-,45-,46-,47-,50-/m0/s1. The third-order valence-electron chi connectivity index (χ3n) is 16.0. The molecule has 4 heterocycles. The van der Waals surface area contributed by atoms with E-state index >= 15 is 0 Å². The van der Waals surface area contributed by atoms with Gasteiger partial charge in [0.25, 0.3) is 0 Å². The van der Waals surface area contributed by atoms with Crippen molar-refractivity contribution in [3.63, 3.8) is 0 Å². The summed E-state index contributed by atoms with van der Waals surface area (Å²) >= 11 is 0. The van der Waals surface area contributed by atoms with E-state index in [2.05, 4.69) is 43.5 Å². The van der Waals surface area contributed by atoms with E-state index in [1.807, 2.05) is 13.8 Å². The number of aromatic nitrogens is 2. The number of likely N-dealkylation sites (tertiary alicyclic amines) is 3. The highest BCUT2D eigenvalue weighted by atomic mass is 16.2. The van der Waals surface area contributed by atoms with Crippen LogP contribution in [-0.2, 0) is 54.4 Å². The minimum absolute atomic E-state index is 0.0240. The minimum atomic E-state index is -1.24. The number of rotatable bonds is 39. The second-order valence-corrected chi connectivity index (χ2v) is 22.9. The average Bonchev–Trinajstić information content (AvgIpc) is 4.31. The zero-order valence-corrected chi connectivity index (χ0v) is 49.1. The van der Waals surface area contributed by atoms with Gasteiger partial charge in [-0.25, -0.2) is 4.98 Å². The lowest BCUT2D eigenvalue weighted by molar-refractivity contribution is -0.145. The number of aromatic amines is 1. The molecule has 0 aromatic carbocycles. The van der Waals surface area contributed by atoms with Gasteiger partial charge in [0, 0.05) is 50.8 Å². The molecule has 23 heteroatoms. The van der Waals surface area contributed by atoms with Crippen LogP contribution in [0.3, 0.4) is 0 Å². The van der Waals surface area contributed by atoms with Gasteiger partial charge >= 0.3 is 0 Å². The summed E-state index contributed by atoms with van der Waals surface area (Å²) in [7, 11) is 0. The van der Waals surface area contributed by atoms with Gasteiger partial charge in [-0.2, -0.15) is 0 Å². The molecule has 1 aromatic rings. The van der Waals surface area contributed by atoms with Crippen molar-refractivity contribution >= 4 is 59.1 Å². The molecule has 0 radical (unpaired) electrons. The molecule has 3 fully saturated rings. The van der Waals surface area contributed by atoms with Gasteiger partial charge in [0.1, 0.15) is 48.3 Å². The number of nitrogens with zero attached hydrogens (tertiary/aromatic N) is 4. The predicted octanol–water partition coefficient (Wildman–Crippen LogP) is 3.17. The number of carbonyl (C=O) groups is 10. The molecule has 81 heavy (non-hydrogen) atoms. The quantitative estimate of drug-likeness (QED) is 0.0430. The second kappa shape index (κ2) is 36.4. The Morgan fingerprint density at radius 2 is 1.05 bits per heavy atom. The molecule has 12 N–H and O–H groups in total. The number of primary amides is 2. The lowest BCUT2D eigenvalue weighted by Gasteiger charge is -2.32. The third kappa shape index (κ3) is 22.6. The molecule has 3 aliphatic rings. The predicted molar refractivity (Wildman–Crippen MR) is 307 cm³/mol. The maximum absolute atomic E-state index is 14.6. The van der Waals surface area contributed by atoms with Crippen molar-refractivity contribution in [2.45, 2.75) is 256 Å². The van der Waals surface area contributed by atoms with E-state index in [1.165, 1.54) is 98.6 Å². The van der Waals surface area contributed by atoms with Crippen molar-refractivity contribution in [3.05, 3.63) is 18.2 Å². The van der Waals surface area contributed by atoms with E-state index < -0.39 is 101 Å².